The Morgan fingerprint density at radius 2 is 2.15 bits per heavy atom. The molecule has 1 atom stereocenters. The molecule has 20 heavy (non-hydrogen) atoms. The van der Waals surface area contributed by atoms with E-state index in [-0.39, 0.29) is 18.0 Å². The van der Waals surface area contributed by atoms with E-state index in [9.17, 15) is 28.0 Å². The highest BCUT2D eigenvalue weighted by atomic mass is 32.2. The first-order valence-electron chi connectivity index (χ1n) is 5.94. The van der Waals surface area contributed by atoms with Gasteiger partial charge in [-0.2, -0.15) is 8.70 Å². The van der Waals surface area contributed by atoms with Crippen molar-refractivity contribution in [3.63, 3.8) is 0 Å². The Bertz CT molecular complexity index is 634. The minimum absolute atomic E-state index is 0.0620. The van der Waals surface area contributed by atoms with Crippen molar-refractivity contribution in [2.75, 3.05) is 13.1 Å². The second-order valence-electron chi connectivity index (χ2n) is 4.53. The summed E-state index contributed by atoms with van der Waals surface area (Å²) in [5, 5.41) is 20.1. The molecule has 1 fully saturated rings. The number of β-amino-alcohol motifs (C(OH)–C–C–N with tert-alkyl or cyclic N) is 1. The Balaban J connectivity index is 2.39. The molecule has 1 aliphatic heterocycles. The maximum atomic E-state index is 13.2. The maximum Gasteiger partial charge on any atom is 0.306 e. The molecule has 1 saturated heterocycles. The monoisotopic (exact) mass is 304 g/mol. The van der Waals surface area contributed by atoms with Crippen molar-refractivity contribution in [1.29, 1.82) is 0 Å². The molecule has 0 amide bonds. The summed E-state index contributed by atoms with van der Waals surface area (Å²) in [5.41, 5.74) is -0.886. The van der Waals surface area contributed by atoms with Gasteiger partial charge in [-0.1, -0.05) is 0 Å². The molecule has 1 aromatic carbocycles. The number of aliphatic hydroxyl groups excluding tert-OH is 1. The van der Waals surface area contributed by atoms with Crippen LogP contribution in [0, 0.1) is 15.9 Å². The van der Waals surface area contributed by atoms with Crippen LogP contribution in [0.2, 0.25) is 0 Å². The van der Waals surface area contributed by atoms with Crippen molar-refractivity contribution in [3.8, 4) is 0 Å². The van der Waals surface area contributed by atoms with Crippen LogP contribution < -0.4 is 0 Å². The van der Waals surface area contributed by atoms with Crippen molar-refractivity contribution in [1.82, 2.24) is 4.31 Å². The van der Waals surface area contributed by atoms with E-state index < -0.39 is 32.6 Å². The van der Waals surface area contributed by atoms with Gasteiger partial charge in [-0.15, -0.1) is 0 Å². The van der Waals surface area contributed by atoms with Gasteiger partial charge in [-0.05, 0) is 25.0 Å². The van der Waals surface area contributed by atoms with E-state index in [1.807, 2.05) is 0 Å². The van der Waals surface area contributed by atoms with E-state index >= 15 is 0 Å². The van der Waals surface area contributed by atoms with Crippen LogP contribution in [-0.2, 0) is 10.0 Å². The van der Waals surface area contributed by atoms with Crippen molar-refractivity contribution in [2.45, 2.75) is 23.8 Å². The Morgan fingerprint density at radius 3 is 2.75 bits per heavy atom. The zero-order chi connectivity index (χ0) is 14.9. The van der Waals surface area contributed by atoms with Crippen LogP contribution >= 0.6 is 0 Å². The molecule has 1 unspecified atom stereocenters. The molecule has 1 heterocycles. The number of piperidine rings is 1. The molecule has 0 saturated carbocycles. The average Bonchev–Trinajstić information content (AvgIpc) is 2.38. The Kier molecular flexibility index (Phi) is 4.02. The number of nitro groups is 1. The Labute approximate surface area is 114 Å². The van der Waals surface area contributed by atoms with E-state index in [0.29, 0.717) is 18.9 Å². The summed E-state index contributed by atoms with van der Waals surface area (Å²) >= 11 is 0. The summed E-state index contributed by atoms with van der Waals surface area (Å²) in [6, 6.07) is 2.44. The van der Waals surface area contributed by atoms with Gasteiger partial charge in [0.1, 0.15) is 0 Å². The van der Waals surface area contributed by atoms with Crippen LogP contribution in [0.25, 0.3) is 0 Å². The fraction of sp³-hybridized carbons (Fsp3) is 0.455. The normalized spacial score (nSPS) is 20.8. The molecule has 0 aliphatic carbocycles. The number of rotatable bonds is 3. The second-order valence-corrected chi connectivity index (χ2v) is 6.47. The minimum atomic E-state index is -3.97. The van der Waals surface area contributed by atoms with Crippen molar-refractivity contribution >= 4 is 15.7 Å². The number of sulfonamides is 1. The van der Waals surface area contributed by atoms with Crippen LogP contribution in [0.15, 0.2) is 23.1 Å². The molecule has 9 heteroatoms. The number of aliphatic hydroxyl groups is 1. The summed E-state index contributed by atoms with van der Waals surface area (Å²) in [7, 11) is -3.97. The lowest BCUT2D eigenvalue weighted by Gasteiger charge is -2.29. The number of hydrogen-bond acceptors (Lipinski definition) is 5. The molecule has 0 radical (unpaired) electrons. The highest BCUT2D eigenvalue weighted by Crippen LogP contribution is 2.25. The summed E-state index contributed by atoms with van der Waals surface area (Å²) in [5.74, 6) is -1.09. The lowest BCUT2D eigenvalue weighted by molar-refractivity contribution is -0.387. The summed E-state index contributed by atoms with van der Waals surface area (Å²) < 4.78 is 38.9. The average molecular weight is 304 g/mol. The van der Waals surface area contributed by atoms with Gasteiger partial charge in [-0.25, -0.2) is 8.42 Å². The van der Waals surface area contributed by atoms with E-state index in [1.165, 1.54) is 0 Å². The molecule has 0 bridgehead atoms. The predicted molar refractivity (Wildman–Crippen MR) is 67.1 cm³/mol. The molecule has 0 spiro atoms. The first-order chi connectivity index (χ1) is 9.32. The van der Waals surface area contributed by atoms with E-state index in [0.717, 1.165) is 16.4 Å². The van der Waals surface area contributed by atoms with Gasteiger partial charge in [0, 0.05) is 19.2 Å². The van der Waals surface area contributed by atoms with Crippen LogP contribution in [0.1, 0.15) is 12.8 Å². The zero-order valence-corrected chi connectivity index (χ0v) is 11.2. The van der Waals surface area contributed by atoms with Crippen LogP contribution in [0.3, 0.4) is 0 Å². The first kappa shape index (κ1) is 14.8. The number of nitrogens with zero attached hydrogens (tertiary/aromatic N) is 2. The van der Waals surface area contributed by atoms with Gasteiger partial charge in [0.2, 0.25) is 15.8 Å². The number of hydrogen-bond donors (Lipinski definition) is 1. The lowest BCUT2D eigenvalue weighted by atomic mass is 10.1. The van der Waals surface area contributed by atoms with Gasteiger partial charge >= 0.3 is 5.69 Å². The third kappa shape index (κ3) is 2.79. The van der Waals surface area contributed by atoms with Crippen LogP contribution in [-0.4, -0.2) is 41.9 Å². The zero-order valence-electron chi connectivity index (χ0n) is 10.4. The van der Waals surface area contributed by atoms with Gasteiger partial charge in [-0.3, -0.25) is 10.1 Å². The topological polar surface area (TPSA) is 101 Å². The summed E-state index contributed by atoms with van der Waals surface area (Å²) in [6.45, 7) is 0.165. The van der Waals surface area contributed by atoms with Crippen LogP contribution in [0.4, 0.5) is 10.1 Å². The van der Waals surface area contributed by atoms with Gasteiger partial charge in [0.15, 0.2) is 0 Å². The van der Waals surface area contributed by atoms with E-state index in [4.69, 9.17) is 0 Å². The van der Waals surface area contributed by atoms with Gasteiger partial charge in [0.25, 0.3) is 0 Å². The molecule has 1 N–H and O–H groups in total. The molecular weight excluding hydrogens is 291 g/mol. The molecule has 2 rings (SSSR count). The van der Waals surface area contributed by atoms with E-state index in [1.54, 1.807) is 0 Å². The van der Waals surface area contributed by atoms with Crippen molar-refractivity contribution in [2.24, 2.45) is 0 Å². The Morgan fingerprint density at radius 1 is 1.45 bits per heavy atom. The smallest absolute Gasteiger partial charge is 0.306 e. The second kappa shape index (κ2) is 5.43. The molecule has 7 nitrogen and oxygen atoms in total. The molecule has 0 aromatic heterocycles. The lowest BCUT2D eigenvalue weighted by Crippen LogP contribution is -2.42. The highest BCUT2D eigenvalue weighted by Gasteiger charge is 2.31. The minimum Gasteiger partial charge on any atom is -0.392 e. The van der Waals surface area contributed by atoms with Gasteiger partial charge in [0.05, 0.1) is 15.9 Å². The fourth-order valence-corrected chi connectivity index (χ4v) is 3.62. The van der Waals surface area contributed by atoms with Crippen molar-refractivity contribution < 1.29 is 22.8 Å². The Hall–Kier alpha value is -1.58. The maximum absolute atomic E-state index is 13.2. The van der Waals surface area contributed by atoms with Crippen LogP contribution in [0.5, 0.6) is 0 Å². The molecule has 1 aromatic rings. The highest BCUT2D eigenvalue weighted by molar-refractivity contribution is 7.89. The van der Waals surface area contributed by atoms with Crippen molar-refractivity contribution in [3.05, 3.63) is 34.1 Å². The predicted octanol–water partition coefficient (Wildman–Crippen LogP) is 0.879. The van der Waals surface area contributed by atoms with E-state index in [2.05, 4.69) is 0 Å². The third-order valence-electron chi connectivity index (χ3n) is 3.11. The first-order valence-corrected chi connectivity index (χ1v) is 7.38. The van der Waals surface area contributed by atoms with Gasteiger partial charge < -0.3 is 5.11 Å². The summed E-state index contributed by atoms with van der Waals surface area (Å²) in [4.78, 5) is 9.33. The molecule has 110 valence electrons. The summed E-state index contributed by atoms with van der Waals surface area (Å²) in [6.07, 6.45) is 0.258. The number of halogens is 1. The molecule has 1 aliphatic rings. The number of benzene rings is 1. The standard InChI is InChI=1S/C11H13FN2O5S/c12-10-4-3-9(6-11(10)14(16)17)20(18,19)13-5-1-2-8(15)7-13/h3-4,6,8,15H,1-2,5,7H2. The SMILES string of the molecule is O=[N+]([O-])c1cc(S(=O)(=O)N2CCCC(O)C2)ccc1F. The quantitative estimate of drug-likeness (QED) is 0.660. The molecular formula is C11H13FN2O5S. The fourth-order valence-electron chi connectivity index (χ4n) is 2.08. The number of nitro benzene ring substituents is 1. The largest absolute Gasteiger partial charge is 0.392 e. The third-order valence-corrected chi connectivity index (χ3v) is 4.97.